The van der Waals surface area contributed by atoms with Gasteiger partial charge in [0.05, 0.1) is 19.8 Å². The lowest BCUT2D eigenvalue weighted by atomic mass is 9.78. The van der Waals surface area contributed by atoms with Crippen LogP contribution < -0.4 is 5.32 Å². The highest BCUT2D eigenvalue weighted by Crippen LogP contribution is 2.34. The highest BCUT2D eigenvalue weighted by Gasteiger charge is 2.32. The number of ether oxygens (including phenoxy) is 1. The summed E-state index contributed by atoms with van der Waals surface area (Å²) in [6, 6.07) is 3.62. The van der Waals surface area contributed by atoms with Crippen LogP contribution in [0.5, 0.6) is 0 Å². The van der Waals surface area contributed by atoms with Crippen LogP contribution in [0.25, 0.3) is 0 Å². The zero-order valence-corrected chi connectivity index (χ0v) is 22.2. The molecule has 1 N–H and O–H groups in total. The summed E-state index contributed by atoms with van der Waals surface area (Å²) >= 11 is 1.33. The van der Waals surface area contributed by atoms with Crippen molar-refractivity contribution in [3.05, 3.63) is 17.0 Å². The smallest absolute Gasteiger partial charge is 0.252 e. The molecule has 1 unspecified atom stereocenters. The third-order valence-electron chi connectivity index (χ3n) is 5.77. The van der Waals surface area contributed by atoms with Crippen molar-refractivity contribution in [3.63, 3.8) is 0 Å². The first kappa shape index (κ1) is 25.8. The predicted octanol–water partition coefficient (Wildman–Crippen LogP) is 3.36. The van der Waals surface area contributed by atoms with E-state index >= 15 is 0 Å². The van der Waals surface area contributed by atoms with Gasteiger partial charge < -0.3 is 15.0 Å². The lowest BCUT2D eigenvalue weighted by molar-refractivity contribution is 0.0731. The number of halogens is 1. The molecule has 172 valence electrons. The number of piperidine rings is 1. The molecule has 0 aromatic carbocycles. The lowest BCUT2D eigenvalue weighted by Gasteiger charge is -2.42. The molecule has 7 nitrogen and oxygen atoms in total. The van der Waals surface area contributed by atoms with Crippen molar-refractivity contribution in [1.29, 1.82) is 0 Å². The van der Waals surface area contributed by atoms with Gasteiger partial charge in [0, 0.05) is 38.1 Å². The second-order valence-corrected chi connectivity index (χ2v) is 11.6. The zero-order valence-electron chi connectivity index (χ0n) is 18.2. The third kappa shape index (κ3) is 6.30. The van der Waals surface area contributed by atoms with Crippen molar-refractivity contribution >= 4 is 51.3 Å². The number of thiophene rings is 1. The van der Waals surface area contributed by atoms with E-state index in [-0.39, 0.29) is 24.0 Å². The molecule has 0 spiro atoms. The Kier molecular flexibility index (Phi) is 9.85. The molecule has 2 fully saturated rings. The van der Waals surface area contributed by atoms with Crippen molar-refractivity contribution in [2.45, 2.75) is 50.3 Å². The van der Waals surface area contributed by atoms with Crippen LogP contribution >= 0.6 is 35.3 Å². The molecule has 2 aliphatic rings. The van der Waals surface area contributed by atoms with Crippen molar-refractivity contribution < 1.29 is 13.2 Å². The Morgan fingerprint density at radius 2 is 2.03 bits per heavy atom. The summed E-state index contributed by atoms with van der Waals surface area (Å²) in [6.45, 7) is 9.00. The molecule has 1 atom stereocenters. The molecule has 10 heteroatoms. The molecule has 30 heavy (non-hydrogen) atoms. The largest absolute Gasteiger partial charge is 0.379 e. The third-order valence-corrected chi connectivity index (χ3v) is 9.22. The van der Waals surface area contributed by atoms with Gasteiger partial charge in [0.2, 0.25) is 0 Å². The number of guanidine groups is 1. The van der Waals surface area contributed by atoms with Gasteiger partial charge in [-0.15, -0.1) is 35.3 Å². The second-order valence-electron chi connectivity index (χ2n) is 8.22. The number of sulfonamides is 1. The number of aliphatic imine (C=N–C) groups is 1. The fourth-order valence-electron chi connectivity index (χ4n) is 4.31. The maximum absolute atomic E-state index is 12.8. The van der Waals surface area contributed by atoms with Crippen LogP contribution in [0, 0.1) is 5.41 Å². The van der Waals surface area contributed by atoms with Gasteiger partial charge in [-0.05, 0) is 36.8 Å². The average Bonchev–Trinajstić information content (AvgIpc) is 3.19. The van der Waals surface area contributed by atoms with Crippen molar-refractivity contribution in [1.82, 2.24) is 14.5 Å². The fraction of sp³-hybridized carbons (Fsp3) is 0.750. The number of hydrogen-bond acceptors (Lipinski definition) is 5. The first-order valence-electron chi connectivity index (χ1n) is 10.5. The number of morpholine rings is 1. The molecule has 0 saturated carbocycles. The summed E-state index contributed by atoms with van der Waals surface area (Å²) in [5.41, 5.74) is 0.340. The lowest BCUT2D eigenvalue weighted by Crippen LogP contribution is -2.49. The number of nitrogens with zero attached hydrogens (tertiary/aromatic N) is 3. The SMILES string of the molecule is CCCC1(C)CCCN(C(=NC)NCc2ccc(S(=O)(=O)N3CCOCC3)s2)C1.I. The van der Waals surface area contributed by atoms with Gasteiger partial charge in [0.15, 0.2) is 5.96 Å². The highest BCUT2D eigenvalue weighted by molar-refractivity contribution is 14.0. The van der Waals surface area contributed by atoms with Crippen LogP contribution in [0.15, 0.2) is 21.3 Å². The molecule has 0 radical (unpaired) electrons. The van der Waals surface area contributed by atoms with Crippen molar-refractivity contribution in [2.24, 2.45) is 10.4 Å². The average molecular weight is 571 g/mol. The van der Waals surface area contributed by atoms with E-state index in [1.54, 1.807) is 6.07 Å². The maximum Gasteiger partial charge on any atom is 0.252 e. The summed E-state index contributed by atoms with van der Waals surface area (Å²) in [6.07, 6.45) is 4.88. The van der Waals surface area contributed by atoms with Gasteiger partial charge in [-0.25, -0.2) is 8.42 Å². The molecule has 3 rings (SSSR count). The van der Waals surface area contributed by atoms with Gasteiger partial charge in [-0.1, -0.05) is 20.3 Å². The van der Waals surface area contributed by atoms with E-state index in [1.807, 2.05) is 13.1 Å². The Hall–Kier alpha value is -0.430. The second kappa shape index (κ2) is 11.4. The monoisotopic (exact) mass is 570 g/mol. The Labute approximate surface area is 202 Å². The Balaban J connectivity index is 0.00000320. The van der Waals surface area contributed by atoms with Crippen LogP contribution in [0.2, 0.25) is 0 Å². The minimum Gasteiger partial charge on any atom is -0.379 e. The molecule has 3 heterocycles. The zero-order chi connectivity index (χ0) is 20.9. The summed E-state index contributed by atoms with van der Waals surface area (Å²) in [5, 5.41) is 3.44. The molecule has 1 aromatic rings. The van der Waals surface area contributed by atoms with Crippen molar-refractivity contribution in [2.75, 3.05) is 46.4 Å². The van der Waals surface area contributed by atoms with Crippen molar-refractivity contribution in [3.8, 4) is 0 Å². The molecule has 1 aromatic heterocycles. The Morgan fingerprint density at radius 3 is 2.70 bits per heavy atom. The normalized spacial score (nSPS) is 23.8. The number of likely N-dealkylation sites (tertiary alicyclic amines) is 1. The standard InChI is InChI=1S/C20H34N4O3S2.HI/c1-4-8-20(2)9-5-10-23(16-20)19(21-3)22-15-17-6-7-18(28-17)29(25,26)24-11-13-27-14-12-24;/h6-7H,4-5,8-16H2,1-3H3,(H,21,22);1H. The molecule has 2 saturated heterocycles. The van der Waals surface area contributed by atoms with E-state index in [0.717, 1.165) is 23.9 Å². The summed E-state index contributed by atoms with van der Waals surface area (Å²) < 4.78 is 32.8. The van der Waals surface area contributed by atoms with E-state index in [0.29, 0.717) is 42.5 Å². The maximum atomic E-state index is 12.8. The molecule has 2 aliphatic heterocycles. The van der Waals surface area contributed by atoms with Gasteiger partial charge in [0.25, 0.3) is 10.0 Å². The van der Waals surface area contributed by atoms with Gasteiger partial charge in [-0.3, -0.25) is 4.99 Å². The molecular formula is C20H35IN4O3S2. The van der Waals surface area contributed by atoms with Gasteiger partial charge in [0.1, 0.15) is 4.21 Å². The Morgan fingerprint density at radius 1 is 1.30 bits per heavy atom. The summed E-state index contributed by atoms with van der Waals surface area (Å²) in [4.78, 5) is 7.81. The number of hydrogen-bond donors (Lipinski definition) is 1. The van der Waals surface area contributed by atoms with E-state index in [1.165, 1.54) is 41.3 Å². The minimum atomic E-state index is -3.42. The van der Waals surface area contributed by atoms with Gasteiger partial charge in [-0.2, -0.15) is 4.31 Å². The van der Waals surface area contributed by atoms with E-state index in [4.69, 9.17) is 4.74 Å². The van der Waals surface area contributed by atoms with E-state index in [9.17, 15) is 8.42 Å². The topological polar surface area (TPSA) is 74.2 Å². The first-order chi connectivity index (χ1) is 13.9. The van der Waals surface area contributed by atoms with Gasteiger partial charge >= 0.3 is 0 Å². The highest BCUT2D eigenvalue weighted by atomic mass is 127. The van der Waals surface area contributed by atoms with Crippen LogP contribution in [-0.4, -0.2) is 70.0 Å². The summed E-state index contributed by atoms with van der Waals surface area (Å²) in [7, 11) is -1.61. The number of nitrogens with one attached hydrogen (secondary N) is 1. The first-order valence-corrected chi connectivity index (χ1v) is 12.8. The Bertz CT molecular complexity index is 805. The number of rotatable bonds is 6. The minimum absolute atomic E-state index is 0. The molecule has 0 aliphatic carbocycles. The predicted molar refractivity (Wildman–Crippen MR) is 133 cm³/mol. The molecule has 0 amide bonds. The molecule has 0 bridgehead atoms. The van der Waals surface area contributed by atoms with Crippen LogP contribution in [-0.2, 0) is 21.3 Å². The fourth-order valence-corrected chi connectivity index (χ4v) is 7.17. The van der Waals surface area contributed by atoms with Crippen LogP contribution in [0.3, 0.4) is 0 Å². The molecular weight excluding hydrogens is 535 g/mol. The van der Waals surface area contributed by atoms with E-state index in [2.05, 4.69) is 29.1 Å². The quantitative estimate of drug-likeness (QED) is 0.323. The van der Waals surface area contributed by atoms with Crippen LogP contribution in [0.4, 0.5) is 0 Å². The van der Waals surface area contributed by atoms with Crippen LogP contribution in [0.1, 0.15) is 44.4 Å². The summed E-state index contributed by atoms with van der Waals surface area (Å²) in [5.74, 6) is 0.901. The van der Waals surface area contributed by atoms with E-state index < -0.39 is 10.0 Å².